The number of hydrogen-bond acceptors (Lipinski definition) is 8. The molecule has 172 valence electrons. The van der Waals surface area contributed by atoms with E-state index >= 15 is 0 Å². The fourth-order valence-electron chi connectivity index (χ4n) is 4.39. The van der Waals surface area contributed by atoms with E-state index in [1.54, 1.807) is 16.8 Å². The molecule has 2 heterocycles. The third-order valence-electron chi connectivity index (χ3n) is 6.01. The Morgan fingerprint density at radius 2 is 1.91 bits per heavy atom. The van der Waals surface area contributed by atoms with E-state index in [9.17, 15) is 18.6 Å². The van der Waals surface area contributed by atoms with Crippen LogP contribution >= 0.6 is 0 Å². The van der Waals surface area contributed by atoms with Crippen molar-refractivity contribution in [3.8, 4) is 11.3 Å². The van der Waals surface area contributed by atoms with Crippen LogP contribution in [0.25, 0.3) is 27.7 Å². The fraction of sp³-hybridized carbons (Fsp3) is 0.273. The first-order valence-corrected chi connectivity index (χ1v) is 11.9. The minimum Gasteiger partial charge on any atom is -0.390 e. The van der Waals surface area contributed by atoms with Crippen LogP contribution in [0.4, 0.5) is 5.82 Å². The number of aromatic nitrogens is 3. The van der Waals surface area contributed by atoms with Crippen LogP contribution in [-0.2, 0) is 14.5 Å². The van der Waals surface area contributed by atoms with Gasteiger partial charge >= 0.3 is 10.3 Å². The smallest absolute Gasteiger partial charge is 0.333 e. The van der Waals surface area contributed by atoms with Gasteiger partial charge in [-0.25, -0.2) is 10.1 Å². The van der Waals surface area contributed by atoms with E-state index in [0.717, 1.165) is 22.0 Å². The van der Waals surface area contributed by atoms with Gasteiger partial charge in [0, 0.05) is 23.7 Å². The van der Waals surface area contributed by atoms with Crippen molar-refractivity contribution < 1.29 is 22.8 Å². The summed E-state index contributed by atoms with van der Waals surface area (Å²) in [6, 6.07) is 17.1. The van der Waals surface area contributed by atoms with Gasteiger partial charge in [0.1, 0.15) is 11.9 Å². The first kappa shape index (κ1) is 21.7. The van der Waals surface area contributed by atoms with Crippen molar-refractivity contribution in [2.45, 2.75) is 24.7 Å². The van der Waals surface area contributed by atoms with Crippen LogP contribution in [-0.4, -0.2) is 58.1 Å². The molecule has 0 spiro atoms. The Bertz CT molecular complexity index is 1420. The van der Waals surface area contributed by atoms with E-state index in [0.29, 0.717) is 11.5 Å². The van der Waals surface area contributed by atoms with E-state index in [1.165, 1.54) is 0 Å². The molecule has 0 saturated heterocycles. The highest BCUT2D eigenvalue weighted by molar-refractivity contribution is 7.84. The molecule has 0 amide bonds. The minimum absolute atomic E-state index is 0.277. The first-order valence-electron chi connectivity index (χ1n) is 10.4. The van der Waals surface area contributed by atoms with Crippen LogP contribution in [0, 0.1) is 5.92 Å². The fourth-order valence-corrected chi connectivity index (χ4v) is 4.75. The molecule has 2 aromatic carbocycles. The monoisotopic (exact) mass is 469 g/mol. The summed E-state index contributed by atoms with van der Waals surface area (Å²) in [6.45, 7) is -0.312. The van der Waals surface area contributed by atoms with Crippen LogP contribution in [0.15, 0.2) is 60.8 Å². The molecule has 4 aromatic rings. The zero-order valence-corrected chi connectivity index (χ0v) is 18.3. The highest BCUT2D eigenvalue weighted by Gasteiger charge is 2.42. The maximum atomic E-state index is 11.1. The van der Waals surface area contributed by atoms with Gasteiger partial charge in [0.05, 0.1) is 24.4 Å². The number of aliphatic hydroxyl groups is 2. The Morgan fingerprint density at radius 1 is 1.12 bits per heavy atom. The van der Waals surface area contributed by atoms with Gasteiger partial charge in [-0.1, -0.05) is 42.5 Å². The van der Waals surface area contributed by atoms with Crippen molar-refractivity contribution in [2.24, 2.45) is 11.1 Å². The number of rotatable bonds is 6. The second-order valence-electron chi connectivity index (χ2n) is 8.16. The molecule has 4 atom stereocenters. The molecule has 1 aliphatic carbocycles. The first-order chi connectivity index (χ1) is 15.8. The number of hydrogen-bond donors (Lipinski definition) is 4. The average molecular weight is 470 g/mol. The molecule has 10 nitrogen and oxygen atoms in total. The lowest BCUT2D eigenvalue weighted by Gasteiger charge is -2.19. The summed E-state index contributed by atoms with van der Waals surface area (Å²) < 4.78 is 28.4. The van der Waals surface area contributed by atoms with Gasteiger partial charge in [-0.05, 0) is 23.3 Å². The van der Waals surface area contributed by atoms with Crippen LogP contribution in [0.1, 0.15) is 6.42 Å². The van der Waals surface area contributed by atoms with Gasteiger partial charge < -0.3 is 15.5 Å². The Labute approximate surface area is 189 Å². The lowest BCUT2D eigenvalue weighted by atomic mass is 10.0. The zero-order chi connectivity index (χ0) is 23.2. The Balaban J connectivity index is 1.43. The number of anilines is 1. The lowest BCUT2D eigenvalue weighted by Crippen LogP contribution is -2.36. The van der Waals surface area contributed by atoms with Crippen molar-refractivity contribution in [3.63, 3.8) is 0 Å². The number of aliphatic hydroxyl groups excluding tert-OH is 2. The van der Waals surface area contributed by atoms with Gasteiger partial charge in [-0.15, -0.1) is 0 Å². The lowest BCUT2D eigenvalue weighted by molar-refractivity contribution is 0.00777. The van der Waals surface area contributed by atoms with Crippen molar-refractivity contribution in [1.29, 1.82) is 0 Å². The molecule has 1 saturated carbocycles. The highest BCUT2D eigenvalue weighted by Crippen LogP contribution is 2.31. The molecule has 11 heteroatoms. The Morgan fingerprint density at radius 3 is 2.73 bits per heavy atom. The molecule has 1 aliphatic rings. The van der Waals surface area contributed by atoms with Crippen molar-refractivity contribution in [3.05, 3.63) is 60.8 Å². The Hall–Kier alpha value is -3.09. The topological polar surface area (TPSA) is 152 Å². The Kier molecular flexibility index (Phi) is 5.51. The molecule has 33 heavy (non-hydrogen) atoms. The summed E-state index contributed by atoms with van der Waals surface area (Å²) in [6.07, 6.45) is -0.383. The molecule has 4 unspecified atom stereocenters. The summed E-state index contributed by atoms with van der Waals surface area (Å²) in [5.41, 5.74) is 2.34. The van der Waals surface area contributed by atoms with E-state index in [1.807, 2.05) is 48.5 Å². The van der Waals surface area contributed by atoms with Crippen LogP contribution in [0.5, 0.6) is 0 Å². The standard InChI is InChI=1S/C22H23N5O5S/c23-33(30,31)32-12-14-10-18(22(29)21(14)28)25-19-8-9-24-20-11-17(26-27(19)20)16-7-3-5-13-4-1-2-6-15(13)16/h1-9,11,14,18,21-22,25,28-29H,10,12H2,(H2,23,30,31). The predicted octanol–water partition coefficient (Wildman–Crippen LogP) is 1.29. The quantitative estimate of drug-likeness (QED) is 0.330. The predicted molar refractivity (Wildman–Crippen MR) is 123 cm³/mol. The van der Waals surface area contributed by atoms with Crippen LogP contribution in [0.3, 0.4) is 0 Å². The molecule has 2 aromatic heterocycles. The van der Waals surface area contributed by atoms with Crippen molar-refractivity contribution in [1.82, 2.24) is 14.6 Å². The summed E-state index contributed by atoms with van der Waals surface area (Å²) in [7, 11) is -4.13. The average Bonchev–Trinajstić information content (AvgIpc) is 3.34. The molecule has 5 N–H and O–H groups in total. The minimum atomic E-state index is -4.13. The van der Waals surface area contributed by atoms with Gasteiger partial charge in [0.15, 0.2) is 5.65 Å². The number of benzene rings is 2. The number of fused-ring (bicyclic) bond motifs is 2. The van der Waals surface area contributed by atoms with E-state index in [2.05, 4.69) is 14.5 Å². The maximum absolute atomic E-state index is 11.1. The molecule has 0 bridgehead atoms. The summed E-state index contributed by atoms with van der Waals surface area (Å²) >= 11 is 0. The summed E-state index contributed by atoms with van der Waals surface area (Å²) in [5, 5.41) is 35.8. The van der Waals surface area contributed by atoms with E-state index in [4.69, 9.17) is 10.2 Å². The van der Waals surface area contributed by atoms with Gasteiger partial charge in [0.25, 0.3) is 0 Å². The molecule has 0 radical (unpaired) electrons. The second kappa shape index (κ2) is 8.36. The summed E-state index contributed by atoms with van der Waals surface area (Å²) in [5.74, 6) is -0.0206. The van der Waals surface area contributed by atoms with Crippen molar-refractivity contribution >= 4 is 32.5 Å². The van der Waals surface area contributed by atoms with E-state index < -0.39 is 34.5 Å². The molecule has 0 aliphatic heterocycles. The number of nitrogens with one attached hydrogen (secondary N) is 1. The van der Waals surface area contributed by atoms with Crippen LogP contribution < -0.4 is 10.5 Å². The normalized spacial score (nSPS) is 23.4. The maximum Gasteiger partial charge on any atom is 0.333 e. The molecule has 1 fully saturated rings. The summed E-state index contributed by atoms with van der Waals surface area (Å²) in [4.78, 5) is 4.40. The van der Waals surface area contributed by atoms with E-state index in [-0.39, 0.29) is 13.0 Å². The van der Waals surface area contributed by atoms with Gasteiger partial charge in [-0.3, -0.25) is 4.18 Å². The zero-order valence-electron chi connectivity index (χ0n) is 17.4. The third-order valence-corrected chi connectivity index (χ3v) is 6.47. The number of nitrogens with two attached hydrogens (primary N) is 1. The highest BCUT2D eigenvalue weighted by atomic mass is 32.2. The largest absolute Gasteiger partial charge is 0.390 e. The molecular weight excluding hydrogens is 446 g/mol. The number of nitrogens with zero attached hydrogens (tertiary/aromatic N) is 3. The van der Waals surface area contributed by atoms with Gasteiger partial charge in [-0.2, -0.15) is 18.0 Å². The molecular formula is C22H23N5O5S. The molecule has 5 rings (SSSR count). The SMILES string of the molecule is NS(=O)(=O)OCC1CC(Nc2ccnc3cc(-c4cccc5ccccc45)nn23)C(O)C1O. The van der Waals surface area contributed by atoms with Gasteiger partial charge in [0.2, 0.25) is 0 Å². The third kappa shape index (κ3) is 4.28. The van der Waals surface area contributed by atoms with Crippen LogP contribution in [0.2, 0.25) is 0 Å². The van der Waals surface area contributed by atoms with Crippen molar-refractivity contribution in [2.75, 3.05) is 11.9 Å². The second-order valence-corrected chi connectivity index (χ2v) is 9.38.